The summed E-state index contributed by atoms with van der Waals surface area (Å²) in [4.78, 5) is 26.8. The van der Waals surface area contributed by atoms with Crippen LogP contribution in [0.2, 0.25) is 0 Å². The predicted molar refractivity (Wildman–Crippen MR) is 111 cm³/mol. The number of para-hydroxylation sites is 2. The molecule has 0 spiro atoms. The first kappa shape index (κ1) is 19.7. The second-order valence-electron chi connectivity index (χ2n) is 6.76. The third-order valence-corrected chi connectivity index (χ3v) is 4.84. The van der Waals surface area contributed by atoms with Gasteiger partial charge < -0.3 is 15.0 Å². The van der Waals surface area contributed by atoms with Gasteiger partial charge >= 0.3 is 0 Å². The molecule has 1 saturated heterocycles. The summed E-state index contributed by atoms with van der Waals surface area (Å²) in [5.41, 5.74) is 1.69. The van der Waals surface area contributed by atoms with Crippen molar-refractivity contribution in [2.24, 2.45) is 5.92 Å². The first-order valence-corrected chi connectivity index (χ1v) is 9.72. The van der Waals surface area contributed by atoms with Gasteiger partial charge in [-0.2, -0.15) is 0 Å². The Bertz CT molecular complexity index is 825. The molecule has 1 aliphatic heterocycles. The van der Waals surface area contributed by atoms with E-state index in [1.165, 1.54) is 0 Å². The minimum Gasteiger partial charge on any atom is -0.492 e. The van der Waals surface area contributed by atoms with E-state index in [1.54, 1.807) is 11.0 Å². The first-order chi connectivity index (χ1) is 13.7. The van der Waals surface area contributed by atoms with Crippen molar-refractivity contribution in [1.82, 2.24) is 4.90 Å². The lowest BCUT2D eigenvalue weighted by atomic mass is 9.95. The molecule has 5 nitrogen and oxygen atoms in total. The summed E-state index contributed by atoms with van der Waals surface area (Å²) in [5.74, 6) is 0.553. The quantitative estimate of drug-likeness (QED) is 0.774. The van der Waals surface area contributed by atoms with Crippen LogP contribution >= 0.6 is 0 Å². The third kappa shape index (κ3) is 5.22. The highest BCUT2D eigenvalue weighted by Gasteiger charge is 2.27. The van der Waals surface area contributed by atoms with E-state index in [9.17, 15) is 9.59 Å². The number of benzene rings is 2. The summed E-state index contributed by atoms with van der Waals surface area (Å²) < 4.78 is 5.56. The lowest BCUT2D eigenvalue weighted by Crippen LogP contribution is -2.40. The van der Waals surface area contributed by atoms with Gasteiger partial charge in [0.25, 0.3) is 0 Å². The average molecular weight is 378 g/mol. The van der Waals surface area contributed by atoms with Crippen molar-refractivity contribution in [3.63, 3.8) is 0 Å². The number of carbonyl (C=O) groups is 2. The van der Waals surface area contributed by atoms with Crippen molar-refractivity contribution in [3.8, 4) is 5.75 Å². The van der Waals surface area contributed by atoms with Gasteiger partial charge in [-0.1, -0.05) is 42.5 Å². The minimum absolute atomic E-state index is 0.00981. The molecule has 2 aromatic rings. The van der Waals surface area contributed by atoms with Gasteiger partial charge in [0.15, 0.2) is 0 Å². The van der Waals surface area contributed by atoms with Crippen LogP contribution in [0.3, 0.4) is 0 Å². The van der Waals surface area contributed by atoms with Gasteiger partial charge in [-0.25, -0.2) is 0 Å². The number of hydrogen-bond acceptors (Lipinski definition) is 3. The molecule has 1 fully saturated rings. The summed E-state index contributed by atoms with van der Waals surface area (Å²) >= 11 is 0. The molecule has 0 atom stereocenters. The van der Waals surface area contributed by atoms with Crippen LogP contribution < -0.4 is 10.1 Å². The standard InChI is InChI=1S/C23H26N2O3/c1-2-28-21-11-7-6-10-20(21)24-23(27)19-14-16-25(17-15-19)22(26)13-12-18-8-4-3-5-9-18/h3-13,19H,2,14-17H2,1H3,(H,24,27)/b13-12-. The third-order valence-electron chi connectivity index (χ3n) is 4.84. The van der Waals surface area contributed by atoms with Crippen LogP contribution in [0, 0.1) is 5.92 Å². The molecule has 0 unspecified atom stereocenters. The topological polar surface area (TPSA) is 58.6 Å². The van der Waals surface area contributed by atoms with E-state index in [0.717, 1.165) is 5.56 Å². The van der Waals surface area contributed by atoms with E-state index in [-0.39, 0.29) is 17.7 Å². The van der Waals surface area contributed by atoms with E-state index in [2.05, 4.69) is 5.32 Å². The summed E-state index contributed by atoms with van der Waals surface area (Å²) in [7, 11) is 0. The van der Waals surface area contributed by atoms with E-state index >= 15 is 0 Å². The molecule has 0 saturated carbocycles. The zero-order valence-electron chi connectivity index (χ0n) is 16.1. The Hall–Kier alpha value is -3.08. The molecule has 2 aromatic carbocycles. The molecule has 146 valence electrons. The number of carbonyl (C=O) groups excluding carboxylic acids is 2. The largest absolute Gasteiger partial charge is 0.492 e. The van der Waals surface area contributed by atoms with Gasteiger partial charge in [0.05, 0.1) is 12.3 Å². The van der Waals surface area contributed by atoms with Crippen LogP contribution in [0.4, 0.5) is 5.69 Å². The summed E-state index contributed by atoms with van der Waals surface area (Å²) in [6.07, 6.45) is 4.75. The van der Waals surface area contributed by atoms with Gasteiger partial charge in [-0.3, -0.25) is 9.59 Å². The summed E-state index contributed by atoms with van der Waals surface area (Å²) in [6.45, 7) is 3.63. The van der Waals surface area contributed by atoms with Crippen molar-refractivity contribution < 1.29 is 14.3 Å². The van der Waals surface area contributed by atoms with Crippen LogP contribution in [0.1, 0.15) is 25.3 Å². The van der Waals surface area contributed by atoms with E-state index in [0.29, 0.717) is 44.0 Å². The summed E-state index contributed by atoms with van der Waals surface area (Å²) in [5, 5.41) is 2.97. The maximum absolute atomic E-state index is 12.6. The Morgan fingerprint density at radius 2 is 1.75 bits per heavy atom. The van der Waals surface area contributed by atoms with Crippen molar-refractivity contribution in [2.45, 2.75) is 19.8 Å². The second-order valence-corrected chi connectivity index (χ2v) is 6.76. The molecule has 1 heterocycles. The second kappa shape index (κ2) is 9.74. The molecule has 0 aliphatic carbocycles. The van der Waals surface area contributed by atoms with Crippen LogP contribution in [-0.4, -0.2) is 36.4 Å². The zero-order valence-corrected chi connectivity index (χ0v) is 16.1. The number of ether oxygens (including phenoxy) is 1. The Kier molecular flexibility index (Phi) is 6.84. The highest BCUT2D eigenvalue weighted by molar-refractivity contribution is 5.95. The molecule has 2 amide bonds. The predicted octanol–water partition coefficient (Wildman–Crippen LogP) is 3.98. The van der Waals surface area contributed by atoms with E-state index in [4.69, 9.17) is 4.74 Å². The Morgan fingerprint density at radius 1 is 1.07 bits per heavy atom. The van der Waals surface area contributed by atoms with Gasteiger partial charge in [-0.05, 0) is 43.5 Å². The number of anilines is 1. The lowest BCUT2D eigenvalue weighted by Gasteiger charge is -2.30. The normalized spacial score (nSPS) is 14.8. The van der Waals surface area contributed by atoms with Crippen LogP contribution in [0.5, 0.6) is 5.75 Å². The molecule has 0 radical (unpaired) electrons. The fourth-order valence-corrected chi connectivity index (χ4v) is 3.29. The van der Waals surface area contributed by atoms with Crippen molar-refractivity contribution in [1.29, 1.82) is 0 Å². The Morgan fingerprint density at radius 3 is 2.46 bits per heavy atom. The Balaban J connectivity index is 1.51. The number of piperidine rings is 1. The minimum atomic E-state index is -0.100. The Labute approximate surface area is 166 Å². The zero-order chi connectivity index (χ0) is 19.8. The van der Waals surface area contributed by atoms with Gasteiger partial charge in [0, 0.05) is 25.1 Å². The maximum Gasteiger partial charge on any atom is 0.246 e. The molecule has 5 heteroatoms. The van der Waals surface area contributed by atoms with Gasteiger partial charge in [0.2, 0.25) is 11.8 Å². The fraction of sp³-hybridized carbons (Fsp3) is 0.304. The number of amides is 2. The van der Waals surface area contributed by atoms with Crippen molar-refractivity contribution >= 4 is 23.6 Å². The van der Waals surface area contributed by atoms with Crippen molar-refractivity contribution in [2.75, 3.05) is 25.0 Å². The van der Waals surface area contributed by atoms with Gasteiger partial charge in [0.1, 0.15) is 5.75 Å². The molecule has 28 heavy (non-hydrogen) atoms. The summed E-state index contributed by atoms with van der Waals surface area (Å²) in [6, 6.07) is 17.2. The van der Waals surface area contributed by atoms with E-state index < -0.39 is 0 Å². The molecule has 1 N–H and O–H groups in total. The number of likely N-dealkylation sites (tertiary alicyclic amines) is 1. The molecular formula is C23H26N2O3. The maximum atomic E-state index is 12.6. The van der Waals surface area contributed by atoms with Crippen LogP contribution in [-0.2, 0) is 9.59 Å². The monoisotopic (exact) mass is 378 g/mol. The van der Waals surface area contributed by atoms with Crippen LogP contribution in [0.15, 0.2) is 60.7 Å². The first-order valence-electron chi connectivity index (χ1n) is 9.72. The molecule has 3 rings (SSSR count). The number of rotatable bonds is 6. The molecular weight excluding hydrogens is 352 g/mol. The number of hydrogen-bond donors (Lipinski definition) is 1. The molecule has 0 aromatic heterocycles. The lowest BCUT2D eigenvalue weighted by molar-refractivity contribution is -0.130. The number of nitrogens with zero attached hydrogens (tertiary/aromatic N) is 1. The van der Waals surface area contributed by atoms with Gasteiger partial charge in [-0.15, -0.1) is 0 Å². The van der Waals surface area contributed by atoms with Crippen LogP contribution in [0.25, 0.3) is 6.08 Å². The highest BCUT2D eigenvalue weighted by Crippen LogP contribution is 2.26. The average Bonchev–Trinajstić information content (AvgIpc) is 2.74. The SMILES string of the molecule is CCOc1ccccc1NC(=O)C1CCN(C(=O)/C=C\c2ccccc2)CC1. The molecule has 0 bridgehead atoms. The van der Waals surface area contributed by atoms with Crippen molar-refractivity contribution in [3.05, 3.63) is 66.2 Å². The molecule has 1 aliphatic rings. The number of nitrogens with one attached hydrogen (secondary N) is 1. The fourth-order valence-electron chi connectivity index (χ4n) is 3.29. The highest BCUT2D eigenvalue weighted by atomic mass is 16.5. The van der Waals surface area contributed by atoms with E-state index in [1.807, 2.05) is 67.6 Å². The smallest absolute Gasteiger partial charge is 0.246 e.